The van der Waals surface area contributed by atoms with Crippen LogP contribution in [0.5, 0.6) is 0 Å². The number of nitrogens with two attached hydrogens (primary N) is 2. The molecular formula is C24H32N6O7. The van der Waals surface area contributed by atoms with Crippen molar-refractivity contribution in [2.45, 2.75) is 56.3 Å². The molecule has 0 bridgehead atoms. The number of aliphatic hydroxyl groups excluding tert-OH is 1. The largest absolute Gasteiger partial charge is 0.480 e. The molecule has 2 heterocycles. The van der Waals surface area contributed by atoms with Crippen molar-refractivity contribution in [1.82, 2.24) is 20.5 Å². The van der Waals surface area contributed by atoms with Gasteiger partial charge in [0.05, 0.1) is 12.6 Å². The quantitative estimate of drug-likeness (QED) is 0.173. The zero-order valence-corrected chi connectivity index (χ0v) is 20.2. The van der Waals surface area contributed by atoms with E-state index in [1.54, 1.807) is 6.20 Å². The lowest BCUT2D eigenvalue weighted by atomic mass is 10.0. The molecular weight excluding hydrogens is 484 g/mol. The predicted molar refractivity (Wildman–Crippen MR) is 132 cm³/mol. The molecule has 13 heteroatoms. The lowest BCUT2D eigenvalue weighted by Gasteiger charge is -2.28. The van der Waals surface area contributed by atoms with Gasteiger partial charge in [0.25, 0.3) is 0 Å². The number of para-hydroxylation sites is 1. The highest BCUT2D eigenvalue weighted by Gasteiger charge is 2.38. The summed E-state index contributed by atoms with van der Waals surface area (Å²) < 4.78 is 0. The number of benzene rings is 1. The average molecular weight is 517 g/mol. The highest BCUT2D eigenvalue weighted by Crippen LogP contribution is 2.23. The van der Waals surface area contributed by atoms with E-state index in [-0.39, 0.29) is 25.8 Å². The van der Waals surface area contributed by atoms with Crippen LogP contribution in [0.25, 0.3) is 10.9 Å². The number of primary amides is 1. The normalized spacial score (nSPS) is 17.7. The van der Waals surface area contributed by atoms with E-state index in [2.05, 4.69) is 15.6 Å². The Balaban J connectivity index is 1.79. The second-order valence-electron chi connectivity index (χ2n) is 9.01. The van der Waals surface area contributed by atoms with Crippen LogP contribution in [0, 0.1) is 0 Å². The van der Waals surface area contributed by atoms with Crippen LogP contribution in [-0.2, 0) is 30.4 Å². The fourth-order valence-corrected chi connectivity index (χ4v) is 4.38. The summed E-state index contributed by atoms with van der Waals surface area (Å²) >= 11 is 0. The summed E-state index contributed by atoms with van der Waals surface area (Å²) in [5.41, 5.74) is 12.3. The fraction of sp³-hybridized carbons (Fsp3) is 0.458. The van der Waals surface area contributed by atoms with Gasteiger partial charge in [0, 0.05) is 36.5 Å². The number of carbonyl (C=O) groups excluding carboxylic acids is 4. The van der Waals surface area contributed by atoms with Gasteiger partial charge in [0.15, 0.2) is 0 Å². The molecule has 1 aromatic carbocycles. The maximum absolute atomic E-state index is 13.5. The van der Waals surface area contributed by atoms with E-state index in [0.29, 0.717) is 12.8 Å². The summed E-state index contributed by atoms with van der Waals surface area (Å²) in [6.07, 6.45) is 2.38. The first-order valence-electron chi connectivity index (χ1n) is 12.0. The first kappa shape index (κ1) is 27.6. The SMILES string of the molecule is NC(=O)CCC(N)C(=O)NC(CO)C(=O)NC(Cc1c[nH]c2ccccc12)C(=O)N1CCCC1C(=O)O. The van der Waals surface area contributed by atoms with Crippen LogP contribution in [0.3, 0.4) is 0 Å². The van der Waals surface area contributed by atoms with Gasteiger partial charge >= 0.3 is 5.97 Å². The summed E-state index contributed by atoms with van der Waals surface area (Å²) in [7, 11) is 0. The van der Waals surface area contributed by atoms with E-state index in [9.17, 15) is 34.2 Å². The molecule has 0 saturated carbocycles. The third kappa shape index (κ3) is 6.83. The van der Waals surface area contributed by atoms with Gasteiger partial charge in [-0.2, -0.15) is 0 Å². The number of carboxylic acids is 1. The van der Waals surface area contributed by atoms with E-state index in [1.807, 2.05) is 24.3 Å². The number of aliphatic carboxylic acids is 1. The van der Waals surface area contributed by atoms with E-state index in [4.69, 9.17) is 11.5 Å². The van der Waals surface area contributed by atoms with E-state index >= 15 is 0 Å². The van der Waals surface area contributed by atoms with Crippen molar-refractivity contribution in [3.63, 3.8) is 0 Å². The van der Waals surface area contributed by atoms with Crippen LogP contribution >= 0.6 is 0 Å². The number of likely N-dealkylation sites (tertiary alicyclic amines) is 1. The number of amides is 4. The van der Waals surface area contributed by atoms with Crippen molar-refractivity contribution >= 4 is 40.5 Å². The molecule has 4 unspecified atom stereocenters. The van der Waals surface area contributed by atoms with Crippen molar-refractivity contribution in [1.29, 1.82) is 0 Å². The minimum atomic E-state index is -1.43. The zero-order chi connectivity index (χ0) is 27.1. The number of carbonyl (C=O) groups is 5. The Morgan fingerprint density at radius 1 is 1.11 bits per heavy atom. The molecule has 3 rings (SSSR count). The van der Waals surface area contributed by atoms with Crippen LogP contribution in [-0.4, -0.2) is 87.0 Å². The number of nitrogens with one attached hydrogen (secondary N) is 3. The van der Waals surface area contributed by atoms with Gasteiger partial charge in [0.1, 0.15) is 18.1 Å². The second-order valence-corrected chi connectivity index (χ2v) is 9.01. The van der Waals surface area contributed by atoms with Gasteiger partial charge < -0.3 is 42.2 Å². The lowest BCUT2D eigenvalue weighted by molar-refractivity contribution is -0.149. The standard InChI is InChI=1S/C24H32N6O7/c25-15(7-8-20(26)32)21(33)29-18(12-31)22(34)28-17(23(35)30-9-3-6-19(30)24(36)37)10-13-11-27-16-5-2-1-4-14(13)16/h1-2,4-5,11,15,17-19,27,31H,3,6-10,12,25H2,(H2,26,32)(H,28,34)(H,29,33)(H,36,37). The first-order valence-corrected chi connectivity index (χ1v) is 12.0. The molecule has 0 aliphatic carbocycles. The minimum Gasteiger partial charge on any atom is -0.480 e. The van der Waals surface area contributed by atoms with Crippen molar-refractivity contribution < 1.29 is 34.2 Å². The highest BCUT2D eigenvalue weighted by molar-refractivity contribution is 5.95. The monoisotopic (exact) mass is 516 g/mol. The summed E-state index contributed by atoms with van der Waals surface area (Å²) in [4.78, 5) is 65.8. The minimum absolute atomic E-state index is 0.0433. The Bertz CT molecular complexity index is 1170. The molecule has 0 radical (unpaired) electrons. The number of aromatic amines is 1. The number of carboxylic acid groups (broad SMARTS) is 1. The smallest absolute Gasteiger partial charge is 0.326 e. The Morgan fingerprint density at radius 2 is 1.81 bits per heavy atom. The Labute approximate surface area is 212 Å². The molecule has 4 amide bonds. The highest BCUT2D eigenvalue weighted by atomic mass is 16.4. The van der Waals surface area contributed by atoms with Crippen LogP contribution in [0.4, 0.5) is 0 Å². The van der Waals surface area contributed by atoms with Crippen LogP contribution < -0.4 is 22.1 Å². The third-order valence-electron chi connectivity index (χ3n) is 6.39. The number of H-pyrrole nitrogens is 1. The van der Waals surface area contributed by atoms with Crippen LogP contribution in [0.1, 0.15) is 31.2 Å². The Hall–Kier alpha value is -3.97. The molecule has 0 spiro atoms. The number of nitrogens with zero attached hydrogens (tertiary/aromatic N) is 1. The molecule has 1 aromatic heterocycles. The third-order valence-corrected chi connectivity index (χ3v) is 6.39. The van der Waals surface area contributed by atoms with E-state index in [0.717, 1.165) is 16.5 Å². The summed E-state index contributed by atoms with van der Waals surface area (Å²) in [5, 5.41) is 25.0. The van der Waals surface area contributed by atoms with Crippen molar-refractivity contribution in [2.24, 2.45) is 11.5 Å². The number of aliphatic hydroxyl groups is 1. The predicted octanol–water partition coefficient (Wildman–Crippen LogP) is -1.66. The number of hydrogen-bond donors (Lipinski definition) is 7. The maximum atomic E-state index is 13.5. The van der Waals surface area contributed by atoms with Gasteiger partial charge in [-0.25, -0.2) is 4.79 Å². The van der Waals surface area contributed by atoms with Crippen molar-refractivity contribution in [2.75, 3.05) is 13.2 Å². The second kappa shape index (κ2) is 12.3. The van der Waals surface area contributed by atoms with E-state index in [1.165, 1.54) is 4.90 Å². The molecule has 1 saturated heterocycles. The van der Waals surface area contributed by atoms with E-state index < -0.39 is 60.4 Å². The Kier molecular flexibility index (Phi) is 9.20. The maximum Gasteiger partial charge on any atom is 0.326 e. The van der Waals surface area contributed by atoms with Gasteiger partial charge in [-0.3, -0.25) is 19.2 Å². The average Bonchev–Trinajstić information content (AvgIpc) is 3.52. The number of rotatable bonds is 12. The van der Waals surface area contributed by atoms with Crippen molar-refractivity contribution in [3.05, 3.63) is 36.0 Å². The first-order chi connectivity index (χ1) is 17.6. The molecule has 9 N–H and O–H groups in total. The number of fused-ring (bicyclic) bond motifs is 1. The van der Waals surface area contributed by atoms with Crippen LogP contribution in [0.15, 0.2) is 30.5 Å². The van der Waals surface area contributed by atoms with Gasteiger partial charge in [-0.1, -0.05) is 18.2 Å². The number of hydrogen-bond acceptors (Lipinski definition) is 7. The Morgan fingerprint density at radius 3 is 2.49 bits per heavy atom. The molecule has 2 aromatic rings. The molecule has 1 fully saturated rings. The van der Waals surface area contributed by atoms with Gasteiger partial charge in [0.2, 0.25) is 23.6 Å². The summed E-state index contributed by atoms with van der Waals surface area (Å²) in [5.74, 6) is -3.97. The van der Waals surface area contributed by atoms with Crippen molar-refractivity contribution in [3.8, 4) is 0 Å². The molecule has 4 atom stereocenters. The van der Waals surface area contributed by atoms with Crippen LogP contribution in [0.2, 0.25) is 0 Å². The lowest BCUT2D eigenvalue weighted by Crippen LogP contribution is -2.58. The van der Waals surface area contributed by atoms with Gasteiger partial charge in [-0.05, 0) is 30.9 Å². The van der Waals surface area contributed by atoms with Gasteiger partial charge in [-0.15, -0.1) is 0 Å². The summed E-state index contributed by atoms with van der Waals surface area (Å²) in [6.45, 7) is -0.555. The zero-order valence-electron chi connectivity index (χ0n) is 20.2. The fourth-order valence-electron chi connectivity index (χ4n) is 4.38. The molecule has 13 nitrogen and oxygen atoms in total. The topological polar surface area (TPSA) is 221 Å². The molecule has 1 aliphatic rings. The molecule has 1 aliphatic heterocycles. The molecule has 200 valence electrons. The molecule has 37 heavy (non-hydrogen) atoms. The summed E-state index contributed by atoms with van der Waals surface area (Å²) in [6, 6.07) is 2.64. The number of aromatic nitrogens is 1.